The summed E-state index contributed by atoms with van der Waals surface area (Å²) in [6.07, 6.45) is 2.55. The molecule has 1 saturated heterocycles. The SMILES string of the molecule is CN(C)CCN(CC(=O)N1CCN(C(=O)c2ccco2)CC1)S(C)(=O)=O. The fraction of sp³-hybridized carbons (Fsp3) is 0.625. The molecular weight excluding hydrogens is 360 g/mol. The second-order valence-electron chi connectivity index (χ2n) is 6.55. The number of sulfonamides is 1. The number of rotatable bonds is 7. The van der Waals surface area contributed by atoms with Gasteiger partial charge < -0.3 is 19.1 Å². The van der Waals surface area contributed by atoms with E-state index in [9.17, 15) is 18.0 Å². The molecule has 26 heavy (non-hydrogen) atoms. The van der Waals surface area contributed by atoms with E-state index >= 15 is 0 Å². The highest BCUT2D eigenvalue weighted by molar-refractivity contribution is 7.88. The summed E-state index contributed by atoms with van der Waals surface area (Å²) in [5.41, 5.74) is 0. The predicted molar refractivity (Wildman–Crippen MR) is 96.2 cm³/mol. The Morgan fingerprint density at radius 3 is 2.23 bits per heavy atom. The summed E-state index contributed by atoms with van der Waals surface area (Å²) in [6.45, 7) is 2.13. The average molecular weight is 386 g/mol. The van der Waals surface area contributed by atoms with Crippen molar-refractivity contribution >= 4 is 21.8 Å². The molecule has 1 aliphatic rings. The van der Waals surface area contributed by atoms with Gasteiger partial charge >= 0.3 is 0 Å². The van der Waals surface area contributed by atoms with Gasteiger partial charge in [-0.15, -0.1) is 0 Å². The van der Waals surface area contributed by atoms with Gasteiger partial charge in [0.15, 0.2) is 5.76 Å². The third-order valence-electron chi connectivity index (χ3n) is 4.23. The zero-order valence-electron chi connectivity index (χ0n) is 15.4. The lowest BCUT2D eigenvalue weighted by molar-refractivity contribution is -0.132. The van der Waals surface area contributed by atoms with Crippen molar-refractivity contribution in [1.29, 1.82) is 0 Å². The van der Waals surface area contributed by atoms with E-state index < -0.39 is 10.0 Å². The summed E-state index contributed by atoms with van der Waals surface area (Å²) >= 11 is 0. The Bertz CT molecular complexity index is 709. The molecule has 2 amide bonds. The minimum absolute atomic E-state index is 0.182. The molecule has 1 aliphatic heterocycles. The van der Waals surface area contributed by atoms with E-state index in [1.54, 1.807) is 21.9 Å². The molecule has 9 nitrogen and oxygen atoms in total. The molecule has 0 atom stereocenters. The summed E-state index contributed by atoms with van der Waals surface area (Å²) in [5, 5.41) is 0. The molecule has 2 rings (SSSR count). The average Bonchev–Trinajstić information content (AvgIpc) is 3.11. The van der Waals surface area contributed by atoms with Crippen LogP contribution in [0.5, 0.6) is 0 Å². The predicted octanol–water partition coefficient (Wildman–Crippen LogP) is -0.613. The van der Waals surface area contributed by atoms with Gasteiger partial charge in [0.25, 0.3) is 5.91 Å². The standard InChI is InChI=1S/C16H26N4O5S/c1-17(2)6-11-20(26(3,23)24)13-15(21)18-7-9-19(10-8-18)16(22)14-5-4-12-25-14/h4-5,12H,6-11,13H2,1-3H3. The molecule has 0 saturated carbocycles. The summed E-state index contributed by atoms with van der Waals surface area (Å²) in [6, 6.07) is 3.26. The van der Waals surface area contributed by atoms with Gasteiger partial charge in [-0.05, 0) is 26.2 Å². The first-order valence-electron chi connectivity index (χ1n) is 8.39. The molecule has 0 aliphatic carbocycles. The highest BCUT2D eigenvalue weighted by Gasteiger charge is 2.28. The van der Waals surface area contributed by atoms with Crippen LogP contribution in [0.3, 0.4) is 0 Å². The summed E-state index contributed by atoms with van der Waals surface area (Å²) in [4.78, 5) is 29.8. The number of carbonyl (C=O) groups excluding carboxylic acids is 2. The highest BCUT2D eigenvalue weighted by Crippen LogP contribution is 2.10. The Morgan fingerprint density at radius 1 is 1.12 bits per heavy atom. The van der Waals surface area contributed by atoms with Crippen LogP contribution in [0, 0.1) is 0 Å². The van der Waals surface area contributed by atoms with Crippen molar-refractivity contribution in [3.05, 3.63) is 24.2 Å². The van der Waals surface area contributed by atoms with Crippen LogP contribution >= 0.6 is 0 Å². The fourth-order valence-electron chi connectivity index (χ4n) is 2.64. The molecule has 0 radical (unpaired) electrons. The number of hydrogen-bond donors (Lipinski definition) is 0. The molecule has 0 N–H and O–H groups in total. The van der Waals surface area contributed by atoms with E-state index in [4.69, 9.17) is 4.42 Å². The van der Waals surface area contributed by atoms with Gasteiger partial charge in [-0.3, -0.25) is 9.59 Å². The highest BCUT2D eigenvalue weighted by atomic mass is 32.2. The lowest BCUT2D eigenvalue weighted by Gasteiger charge is -2.35. The van der Waals surface area contributed by atoms with Crippen LogP contribution in [0.1, 0.15) is 10.6 Å². The summed E-state index contributed by atoms with van der Waals surface area (Å²) in [5.74, 6) is -0.179. The molecule has 0 bridgehead atoms. The summed E-state index contributed by atoms with van der Waals surface area (Å²) < 4.78 is 30.1. The van der Waals surface area contributed by atoms with Gasteiger partial charge in [0, 0.05) is 39.3 Å². The maximum Gasteiger partial charge on any atom is 0.289 e. The van der Waals surface area contributed by atoms with Crippen molar-refractivity contribution in [2.24, 2.45) is 0 Å². The fourth-order valence-corrected chi connectivity index (χ4v) is 3.40. The molecule has 0 unspecified atom stereocenters. The van der Waals surface area contributed by atoms with Gasteiger partial charge in [0.1, 0.15) is 0 Å². The molecule has 0 spiro atoms. The van der Waals surface area contributed by atoms with E-state index in [2.05, 4.69) is 0 Å². The van der Waals surface area contributed by atoms with Crippen molar-refractivity contribution in [1.82, 2.24) is 19.0 Å². The van der Waals surface area contributed by atoms with Crippen LogP contribution in [0.15, 0.2) is 22.8 Å². The van der Waals surface area contributed by atoms with Crippen molar-refractivity contribution in [3.63, 3.8) is 0 Å². The van der Waals surface area contributed by atoms with Crippen LogP contribution in [0.25, 0.3) is 0 Å². The van der Waals surface area contributed by atoms with E-state index in [1.165, 1.54) is 10.6 Å². The minimum Gasteiger partial charge on any atom is -0.459 e. The van der Waals surface area contributed by atoms with Crippen LogP contribution in [0.4, 0.5) is 0 Å². The number of likely N-dealkylation sites (N-methyl/N-ethyl adjacent to an activating group) is 1. The van der Waals surface area contributed by atoms with Gasteiger partial charge in [0.2, 0.25) is 15.9 Å². The monoisotopic (exact) mass is 386 g/mol. The third kappa shape index (κ3) is 5.55. The molecule has 1 fully saturated rings. The van der Waals surface area contributed by atoms with Crippen LogP contribution in [-0.2, 0) is 14.8 Å². The quantitative estimate of drug-likeness (QED) is 0.620. The Morgan fingerprint density at radius 2 is 1.73 bits per heavy atom. The largest absolute Gasteiger partial charge is 0.459 e. The number of furan rings is 1. The van der Waals surface area contributed by atoms with Gasteiger partial charge in [-0.2, -0.15) is 4.31 Å². The van der Waals surface area contributed by atoms with Gasteiger partial charge in [0.05, 0.1) is 19.1 Å². The summed E-state index contributed by atoms with van der Waals surface area (Å²) in [7, 11) is 0.224. The van der Waals surface area contributed by atoms with Crippen molar-refractivity contribution in [3.8, 4) is 0 Å². The number of nitrogens with zero attached hydrogens (tertiary/aromatic N) is 4. The Labute approximate surface area is 154 Å². The zero-order chi connectivity index (χ0) is 19.3. The van der Waals surface area contributed by atoms with E-state index in [0.717, 1.165) is 6.26 Å². The second kappa shape index (κ2) is 8.65. The van der Waals surface area contributed by atoms with E-state index in [0.29, 0.717) is 32.7 Å². The minimum atomic E-state index is -3.47. The lowest BCUT2D eigenvalue weighted by atomic mass is 10.2. The molecule has 2 heterocycles. The van der Waals surface area contributed by atoms with Crippen LogP contribution < -0.4 is 0 Å². The molecule has 146 valence electrons. The Balaban J connectivity index is 1.89. The molecule has 1 aromatic rings. The molecule has 1 aromatic heterocycles. The Hall–Kier alpha value is -1.91. The van der Waals surface area contributed by atoms with Crippen molar-refractivity contribution < 1.29 is 22.4 Å². The van der Waals surface area contributed by atoms with E-state index in [-0.39, 0.29) is 30.7 Å². The first-order valence-corrected chi connectivity index (χ1v) is 10.2. The number of hydrogen-bond acceptors (Lipinski definition) is 6. The number of amides is 2. The van der Waals surface area contributed by atoms with Crippen LogP contribution in [0.2, 0.25) is 0 Å². The van der Waals surface area contributed by atoms with Crippen LogP contribution in [-0.4, -0.2) is 105 Å². The molecular formula is C16H26N4O5S. The molecule has 10 heteroatoms. The first-order chi connectivity index (χ1) is 12.2. The second-order valence-corrected chi connectivity index (χ2v) is 8.53. The smallest absolute Gasteiger partial charge is 0.289 e. The maximum atomic E-state index is 12.5. The molecule has 0 aromatic carbocycles. The zero-order valence-corrected chi connectivity index (χ0v) is 16.2. The number of piperazine rings is 1. The topological polar surface area (TPSA) is 94.4 Å². The van der Waals surface area contributed by atoms with Gasteiger partial charge in [-0.25, -0.2) is 8.42 Å². The third-order valence-corrected chi connectivity index (χ3v) is 5.48. The first kappa shape index (κ1) is 20.4. The normalized spacial score (nSPS) is 15.7. The lowest BCUT2D eigenvalue weighted by Crippen LogP contribution is -2.53. The number of carbonyl (C=O) groups is 2. The van der Waals surface area contributed by atoms with Crippen molar-refractivity contribution in [2.75, 3.05) is 66.2 Å². The van der Waals surface area contributed by atoms with Crippen molar-refractivity contribution in [2.45, 2.75) is 0 Å². The van der Waals surface area contributed by atoms with E-state index in [1.807, 2.05) is 19.0 Å². The van der Waals surface area contributed by atoms with Gasteiger partial charge in [-0.1, -0.05) is 0 Å². The maximum absolute atomic E-state index is 12.5. The Kier molecular flexibility index (Phi) is 6.79.